The monoisotopic (exact) mass is 329 g/mol. The normalized spacial score (nSPS) is 24.1. The van der Waals surface area contributed by atoms with Crippen LogP contribution in [-0.2, 0) is 4.74 Å². The molecule has 0 spiro atoms. The topological polar surface area (TPSA) is 21.6 Å². The fourth-order valence-corrected chi connectivity index (χ4v) is 2.58. The summed E-state index contributed by atoms with van der Waals surface area (Å²) in [7, 11) is 0. The third kappa shape index (κ3) is 2.39. The van der Waals surface area contributed by atoms with Crippen molar-refractivity contribution in [2.45, 2.75) is 32.4 Å². The average molecular weight is 329 g/mol. The molecule has 0 aromatic heterocycles. The molecule has 0 aliphatic carbocycles. The molecule has 1 aliphatic rings. The molecular formula is C13H16INO. The number of nitrogens with zero attached hydrogens (tertiary/aromatic N) is 1. The first-order chi connectivity index (χ1) is 7.74. The van der Waals surface area contributed by atoms with Crippen molar-refractivity contribution in [2.24, 2.45) is 4.99 Å². The van der Waals surface area contributed by atoms with E-state index in [2.05, 4.69) is 65.7 Å². The Morgan fingerprint density at radius 2 is 2.00 bits per heavy atom. The fourth-order valence-electron chi connectivity index (χ4n) is 1.81. The Morgan fingerprint density at radius 3 is 2.50 bits per heavy atom. The van der Waals surface area contributed by atoms with Crippen molar-refractivity contribution in [3.05, 3.63) is 35.4 Å². The lowest BCUT2D eigenvalue weighted by Crippen LogP contribution is -2.22. The lowest BCUT2D eigenvalue weighted by molar-refractivity contribution is 0.196. The van der Waals surface area contributed by atoms with Gasteiger partial charge in [-0.25, -0.2) is 4.99 Å². The smallest absolute Gasteiger partial charge is 0.216 e. The Balaban J connectivity index is 2.20. The van der Waals surface area contributed by atoms with Gasteiger partial charge in [0.1, 0.15) is 6.10 Å². The predicted octanol–water partition coefficient (Wildman–Crippen LogP) is 3.35. The van der Waals surface area contributed by atoms with Crippen molar-refractivity contribution in [3.63, 3.8) is 0 Å². The third-order valence-corrected chi connectivity index (χ3v) is 3.74. The standard InChI is InChI=1S/C13H16INO/c1-3-12-11(8-14)15-13(16-12)10-6-4-9(2)5-7-10/h4-7,11-12H,3,8H2,1-2H3. The number of hydrogen-bond donors (Lipinski definition) is 0. The van der Waals surface area contributed by atoms with Crippen molar-refractivity contribution in [2.75, 3.05) is 4.43 Å². The fraction of sp³-hybridized carbons (Fsp3) is 0.462. The van der Waals surface area contributed by atoms with Crippen LogP contribution in [0.3, 0.4) is 0 Å². The number of halogens is 1. The van der Waals surface area contributed by atoms with E-state index in [0.717, 1.165) is 22.3 Å². The van der Waals surface area contributed by atoms with E-state index in [0.29, 0.717) is 6.04 Å². The van der Waals surface area contributed by atoms with E-state index in [9.17, 15) is 0 Å². The van der Waals surface area contributed by atoms with Crippen LogP contribution in [0.4, 0.5) is 0 Å². The number of rotatable bonds is 3. The zero-order valence-corrected chi connectivity index (χ0v) is 11.8. The molecule has 2 atom stereocenters. The van der Waals surface area contributed by atoms with Gasteiger partial charge < -0.3 is 4.74 Å². The molecule has 2 nitrogen and oxygen atoms in total. The molecule has 0 saturated heterocycles. The maximum atomic E-state index is 5.89. The van der Waals surface area contributed by atoms with E-state index in [1.807, 2.05) is 0 Å². The van der Waals surface area contributed by atoms with Gasteiger partial charge >= 0.3 is 0 Å². The Morgan fingerprint density at radius 1 is 1.31 bits per heavy atom. The number of alkyl halides is 1. The summed E-state index contributed by atoms with van der Waals surface area (Å²) in [4.78, 5) is 4.65. The first kappa shape index (κ1) is 11.9. The summed E-state index contributed by atoms with van der Waals surface area (Å²) in [5, 5.41) is 0. The minimum Gasteiger partial charge on any atom is -0.472 e. The lowest BCUT2D eigenvalue weighted by Gasteiger charge is -2.13. The molecule has 86 valence electrons. The summed E-state index contributed by atoms with van der Waals surface area (Å²) in [6.45, 7) is 4.24. The van der Waals surface area contributed by atoms with Crippen LogP contribution in [-0.4, -0.2) is 22.5 Å². The lowest BCUT2D eigenvalue weighted by atomic mass is 10.1. The Labute approximate surface area is 110 Å². The maximum Gasteiger partial charge on any atom is 0.216 e. The van der Waals surface area contributed by atoms with E-state index in [1.54, 1.807) is 0 Å². The Hall–Kier alpha value is -0.580. The van der Waals surface area contributed by atoms with Crippen molar-refractivity contribution >= 4 is 28.5 Å². The van der Waals surface area contributed by atoms with Crippen LogP contribution in [0.25, 0.3) is 0 Å². The zero-order chi connectivity index (χ0) is 11.5. The molecule has 1 aliphatic heterocycles. The van der Waals surface area contributed by atoms with Crippen LogP contribution >= 0.6 is 22.6 Å². The highest BCUT2D eigenvalue weighted by Crippen LogP contribution is 2.22. The second-order valence-electron chi connectivity index (χ2n) is 4.09. The number of aryl methyl sites for hydroxylation is 1. The van der Waals surface area contributed by atoms with Crippen molar-refractivity contribution < 1.29 is 4.74 Å². The van der Waals surface area contributed by atoms with Gasteiger partial charge in [0.2, 0.25) is 5.90 Å². The molecular weight excluding hydrogens is 313 g/mol. The molecule has 0 amide bonds. The second kappa shape index (κ2) is 5.17. The molecule has 1 aromatic carbocycles. The van der Waals surface area contributed by atoms with Gasteiger partial charge in [-0.2, -0.15) is 0 Å². The molecule has 2 unspecified atom stereocenters. The minimum absolute atomic E-state index is 0.258. The molecule has 3 heteroatoms. The number of aliphatic imine (C=N–C) groups is 1. The molecule has 0 saturated carbocycles. The van der Waals surface area contributed by atoms with Gasteiger partial charge in [0.05, 0.1) is 6.04 Å². The van der Waals surface area contributed by atoms with Gasteiger partial charge in [0.15, 0.2) is 0 Å². The average Bonchev–Trinajstić information content (AvgIpc) is 2.73. The predicted molar refractivity (Wildman–Crippen MR) is 75.6 cm³/mol. The summed E-state index contributed by atoms with van der Waals surface area (Å²) in [5.41, 5.74) is 2.36. The molecule has 1 heterocycles. The summed E-state index contributed by atoms with van der Waals surface area (Å²) in [6, 6.07) is 8.67. The summed E-state index contributed by atoms with van der Waals surface area (Å²) < 4.78 is 6.90. The molecule has 2 rings (SSSR count). The van der Waals surface area contributed by atoms with Gasteiger partial charge in [-0.05, 0) is 25.5 Å². The summed E-state index contributed by atoms with van der Waals surface area (Å²) in [5.74, 6) is 0.813. The van der Waals surface area contributed by atoms with Crippen molar-refractivity contribution in [1.82, 2.24) is 0 Å². The van der Waals surface area contributed by atoms with E-state index in [4.69, 9.17) is 4.74 Å². The van der Waals surface area contributed by atoms with Crippen LogP contribution in [0, 0.1) is 6.92 Å². The third-order valence-electron chi connectivity index (χ3n) is 2.83. The van der Waals surface area contributed by atoms with Gasteiger partial charge in [0, 0.05) is 9.99 Å². The highest BCUT2D eigenvalue weighted by Gasteiger charge is 2.28. The number of hydrogen-bond acceptors (Lipinski definition) is 2. The van der Waals surface area contributed by atoms with E-state index in [1.165, 1.54) is 5.56 Å². The largest absolute Gasteiger partial charge is 0.472 e. The zero-order valence-electron chi connectivity index (χ0n) is 9.61. The highest BCUT2D eigenvalue weighted by atomic mass is 127. The van der Waals surface area contributed by atoms with Gasteiger partial charge in [-0.1, -0.05) is 47.2 Å². The van der Waals surface area contributed by atoms with Crippen LogP contribution in [0.15, 0.2) is 29.3 Å². The van der Waals surface area contributed by atoms with Gasteiger partial charge in [0.25, 0.3) is 0 Å². The maximum absolute atomic E-state index is 5.89. The molecule has 1 aromatic rings. The first-order valence-corrected chi connectivity index (χ1v) is 7.14. The van der Waals surface area contributed by atoms with Crippen molar-refractivity contribution in [3.8, 4) is 0 Å². The first-order valence-electron chi connectivity index (χ1n) is 5.62. The Bertz CT molecular complexity index is 385. The molecule has 0 radical (unpaired) electrons. The van der Waals surface area contributed by atoms with Crippen LogP contribution in [0.2, 0.25) is 0 Å². The number of ether oxygens (including phenoxy) is 1. The molecule has 0 fully saturated rings. The molecule has 16 heavy (non-hydrogen) atoms. The summed E-state index contributed by atoms with van der Waals surface area (Å²) in [6.07, 6.45) is 1.28. The summed E-state index contributed by atoms with van der Waals surface area (Å²) >= 11 is 2.38. The quantitative estimate of drug-likeness (QED) is 0.616. The second-order valence-corrected chi connectivity index (χ2v) is 4.97. The van der Waals surface area contributed by atoms with Crippen LogP contribution < -0.4 is 0 Å². The highest BCUT2D eigenvalue weighted by molar-refractivity contribution is 14.1. The van der Waals surface area contributed by atoms with E-state index in [-0.39, 0.29) is 6.10 Å². The minimum atomic E-state index is 0.258. The van der Waals surface area contributed by atoms with E-state index >= 15 is 0 Å². The van der Waals surface area contributed by atoms with E-state index < -0.39 is 0 Å². The molecule has 0 bridgehead atoms. The number of benzene rings is 1. The van der Waals surface area contributed by atoms with Crippen LogP contribution in [0.1, 0.15) is 24.5 Å². The van der Waals surface area contributed by atoms with Crippen molar-refractivity contribution in [1.29, 1.82) is 0 Å². The van der Waals surface area contributed by atoms with Gasteiger partial charge in [-0.15, -0.1) is 0 Å². The SMILES string of the molecule is CCC1OC(c2ccc(C)cc2)=NC1CI. The van der Waals surface area contributed by atoms with Crippen LogP contribution in [0.5, 0.6) is 0 Å². The molecule has 0 N–H and O–H groups in total. The van der Waals surface area contributed by atoms with Gasteiger partial charge in [-0.3, -0.25) is 0 Å². The Kier molecular flexibility index (Phi) is 3.84.